The summed E-state index contributed by atoms with van der Waals surface area (Å²) in [5.41, 5.74) is 4.49. The third kappa shape index (κ3) is 3.56. The van der Waals surface area contributed by atoms with Gasteiger partial charge in [0.2, 0.25) is 0 Å². The fraction of sp³-hybridized carbons (Fsp3) is 0.185. The van der Waals surface area contributed by atoms with Crippen LogP contribution in [0, 0.1) is 20.8 Å². The Bertz CT molecular complexity index is 1240. The molecule has 162 valence electrons. The molecule has 1 heterocycles. The maximum atomic E-state index is 13.3. The number of amides is 1. The fourth-order valence-corrected chi connectivity index (χ4v) is 4.24. The number of hydrogen-bond donors (Lipinski definition) is 1. The number of carbonyl (C=O) groups is 2. The van der Waals surface area contributed by atoms with Crippen LogP contribution in [0.1, 0.15) is 33.9 Å². The molecule has 1 unspecified atom stereocenters. The van der Waals surface area contributed by atoms with E-state index in [4.69, 9.17) is 4.74 Å². The molecule has 3 aromatic rings. The molecule has 1 atom stereocenters. The standard InChI is InChI=1S/C27H25NO4/c1-16-9-8-12-20(13-16)28-24(19-10-6-5-7-11-19)23(26(30)27(28)31)25(29)21-14-18(3)22(32-4)15-17(21)2/h5-15,24,29H,1-4H3/b25-23+. The first kappa shape index (κ1) is 21.4. The van der Waals surface area contributed by atoms with Crippen molar-refractivity contribution in [1.29, 1.82) is 0 Å². The third-order valence-corrected chi connectivity index (χ3v) is 5.84. The summed E-state index contributed by atoms with van der Waals surface area (Å²) in [4.78, 5) is 27.9. The van der Waals surface area contributed by atoms with E-state index in [9.17, 15) is 14.7 Å². The van der Waals surface area contributed by atoms with Gasteiger partial charge in [0.05, 0.1) is 18.7 Å². The molecule has 0 spiro atoms. The van der Waals surface area contributed by atoms with Crippen LogP contribution < -0.4 is 9.64 Å². The number of ether oxygens (including phenoxy) is 1. The summed E-state index contributed by atoms with van der Waals surface area (Å²) >= 11 is 0. The van der Waals surface area contributed by atoms with Gasteiger partial charge in [-0.25, -0.2) is 0 Å². The molecule has 5 heteroatoms. The SMILES string of the molecule is COc1cc(C)c(/C(O)=C2\C(=O)C(=O)N(c3cccc(C)c3)C2c2ccccc2)cc1C. The summed E-state index contributed by atoms with van der Waals surface area (Å²) in [6.45, 7) is 5.64. The second kappa shape index (κ2) is 8.35. The second-order valence-electron chi connectivity index (χ2n) is 8.06. The van der Waals surface area contributed by atoms with Gasteiger partial charge in [-0.2, -0.15) is 0 Å². The minimum Gasteiger partial charge on any atom is -0.507 e. The number of ketones is 1. The molecular formula is C27H25NO4. The van der Waals surface area contributed by atoms with Crippen molar-refractivity contribution >= 4 is 23.1 Å². The lowest BCUT2D eigenvalue weighted by Crippen LogP contribution is -2.29. The molecule has 5 nitrogen and oxygen atoms in total. The van der Waals surface area contributed by atoms with Crippen molar-refractivity contribution in [2.24, 2.45) is 0 Å². The smallest absolute Gasteiger partial charge is 0.300 e. The highest BCUT2D eigenvalue weighted by Crippen LogP contribution is 2.43. The Labute approximate surface area is 187 Å². The Morgan fingerprint density at radius 1 is 0.906 bits per heavy atom. The quantitative estimate of drug-likeness (QED) is 0.351. The maximum Gasteiger partial charge on any atom is 0.300 e. The van der Waals surface area contributed by atoms with Gasteiger partial charge < -0.3 is 9.84 Å². The lowest BCUT2D eigenvalue weighted by Gasteiger charge is -2.26. The van der Waals surface area contributed by atoms with E-state index in [1.807, 2.05) is 75.4 Å². The van der Waals surface area contributed by atoms with E-state index in [0.717, 1.165) is 22.3 Å². The first-order chi connectivity index (χ1) is 15.3. The highest BCUT2D eigenvalue weighted by molar-refractivity contribution is 6.51. The number of anilines is 1. The molecule has 1 aliphatic rings. The number of nitrogens with zero attached hydrogens (tertiary/aromatic N) is 1. The number of methoxy groups -OCH3 is 1. The minimum absolute atomic E-state index is 0.0790. The van der Waals surface area contributed by atoms with Crippen molar-refractivity contribution < 1.29 is 19.4 Å². The van der Waals surface area contributed by atoms with Crippen molar-refractivity contribution in [2.75, 3.05) is 12.0 Å². The summed E-state index contributed by atoms with van der Waals surface area (Å²) in [5, 5.41) is 11.4. The number of aryl methyl sites for hydroxylation is 3. The zero-order chi connectivity index (χ0) is 23.0. The van der Waals surface area contributed by atoms with Gasteiger partial charge in [-0.1, -0.05) is 42.5 Å². The molecule has 4 rings (SSSR count). The van der Waals surface area contributed by atoms with Crippen molar-refractivity contribution in [3.05, 3.63) is 100 Å². The van der Waals surface area contributed by atoms with Gasteiger partial charge >= 0.3 is 0 Å². The molecule has 1 saturated heterocycles. The molecule has 3 aromatic carbocycles. The van der Waals surface area contributed by atoms with Gasteiger partial charge in [0.1, 0.15) is 11.5 Å². The van der Waals surface area contributed by atoms with E-state index in [0.29, 0.717) is 17.0 Å². The number of benzene rings is 3. The summed E-state index contributed by atoms with van der Waals surface area (Å²) < 4.78 is 5.37. The van der Waals surface area contributed by atoms with E-state index < -0.39 is 17.7 Å². The van der Waals surface area contributed by atoms with Crippen molar-refractivity contribution in [3.8, 4) is 5.75 Å². The zero-order valence-electron chi connectivity index (χ0n) is 18.5. The molecule has 1 amide bonds. The van der Waals surface area contributed by atoms with Crippen molar-refractivity contribution in [1.82, 2.24) is 0 Å². The predicted molar refractivity (Wildman–Crippen MR) is 125 cm³/mol. The number of carbonyl (C=O) groups excluding carboxylic acids is 2. The lowest BCUT2D eigenvalue weighted by atomic mass is 9.93. The van der Waals surface area contributed by atoms with Crippen LogP contribution in [0.15, 0.2) is 72.3 Å². The number of Topliss-reactive ketones (excluding diaryl/α,β-unsaturated/α-hetero) is 1. The monoisotopic (exact) mass is 427 g/mol. The van der Waals surface area contributed by atoms with Crippen molar-refractivity contribution in [2.45, 2.75) is 26.8 Å². The predicted octanol–water partition coefficient (Wildman–Crippen LogP) is 5.25. The molecule has 1 N–H and O–H groups in total. The number of rotatable bonds is 4. The average molecular weight is 428 g/mol. The van der Waals surface area contributed by atoms with Crippen LogP contribution in [0.5, 0.6) is 5.75 Å². The molecule has 0 aliphatic carbocycles. The van der Waals surface area contributed by atoms with E-state index in [2.05, 4.69) is 0 Å². The molecule has 1 aliphatic heterocycles. The van der Waals surface area contributed by atoms with Gasteiger partial charge in [-0.3, -0.25) is 14.5 Å². The highest BCUT2D eigenvalue weighted by Gasteiger charge is 2.47. The van der Waals surface area contributed by atoms with E-state index in [-0.39, 0.29) is 11.3 Å². The van der Waals surface area contributed by atoms with Crippen LogP contribution >= 0.6 is 0 Å². The summed E-state index contributed by atoms with van der Waals surface area (Å²) in [5.74, 6) is -0.853. The normalized spacial score (nSPS) is 17.6. The van der Waals surface area contributed by atoms with Gasteiger partial charge in [0.25, 0.3) is 11.7 Å². The first-order valence-electron chi connectivity index (χ1n) is 10.4. The Balaban J connectivity index is 1.97. The van der Waals surface area contributed by atoms with Crippen LogP contribution in [-0.2, 0) is 9.59 Å². The zero-order valence-corrected chi connectivity index (χ0v) is 18.5. The van der Waals surface area contributed by atoms with Crippen LogP contribution in [0.25, 0.3) is 5.76 Å². The Morgan fingerprint density at radius 2 is 1.62 bits per heavy atom. The van der Waals surface area contributed by atoms with Crippen LogP contribution in [0.3, 0.4) is 0 Å². The van der Waals surface area contributed by atoms with E-state index in [1.165, 1.54) is 4.90 Å². The van der Waals surface area contributed by atoms with Gasteiger partial charge in [0, 0.05) is 11.3 Å². The Morgan fingerprint density at radius 3 is 2.28 bits per heavy atom. The fourth-order valence-electron chi connectivity index (χ4n) is 4.24. The van der Waals surface area contributed by atoms with E-state index >= 15 is 0 Å². The van der Waals surface area contributed by atoms with E-state index in [1.54, 1.807) is 19.2 Å². The number of aliphatic hydroxyl groups excluding tert-OH is 1. The largest absolute Gasteiger partial charge is 0.507 e. The van der Waals surface area contributed by atoms with Crippen LogP contribution in [0.4, 0.5) is 5.69 Å². The molecule has 0 radical (unpaired) electrons. The molecule has 1 fully saturated rings. The lowest BCUT2D eigenvalue weighted by molar-refractivity contribution is -0.132. The molecular weight excluding hydrogens is 402 g/mol. The Kier molecular flexibility index (Phi) is 5.57. The third-order valence-electron chi connectivity index (χ3n) is 5.84. The first-order valence-corrected chi connectivity index (χ1v) is 10.4. The van der Waals surface area contributed by atoms with Crippen LogP contribution in [-0.4, -0.2) is 23.9 Å². The maximum absolute atomic E-state index is 13.3. The molecule has 0 saturated carbocycles. The van der Waals surface area contributed by atoms with Gasteiger partial charge in [-0.15, -0.1) is 0 Å². The number of aliphatic hydroxyl groups is 1. The number of hydrogen-bond acceptors (Lipinski definition) is 4. The minimum atomic E-state index is -0.736. The summed E-state index contributed by atoms with van der Waals surface area (Å²) in [7, 11) is 1.59. The topological polar surface area (TPSA) is 66.8 Å². The van der Waals surface area contributed by atoms with Crippen LogP contribution in [0.2, 0.25) is 0 Å². The summed E-state index contributed by atoms with van der Waals surface area (Å²) in [6.07, 6.45) is 0. The van der Waals surface area contributed by atoms with Gasteiger partial charge in [-0.05, 0) is 67.3 Å². The molecule has 0 aromatic heterocycles. The summed E-state index contributed by atoms with van der Waals surface area (Å²) in [6, 6.07) is 19.6. The molecule has 0 bridgehead atoms. The van der Waals surface area contributed by atoms with Gasteiger partial charge in [0.15, 0.2) is 0 Å². The van der Waals surface area contributed by atoms with Crippen molar-refractivity contribution in [3.63, 3.8) is 0 Å². The second-order valence-corrected chi connectivity index (χ2v) is 8.06. The highest BCUT2D eigenvalue weighted by atomic mass is 16.5. The molecule has 32 heavy (non-hydrogen) atoms. The Hall–Kier alpha value is -3.86. The average Bonchev–Trinajstić information content (AvgIpc) is 3.05.